The Labute approximate surface area is 117 Å². The number of hydrogen-bond acceptors (Lipinski definition) is 1. The van der Waals surface area contributed by atoms with Gasteiger partial charge in [-0.25, -0.2) is 8.78 Å². The summed E-state index contributed by atoms with van der Waals surface area (Å²) in [7, 11) is 0. The van der Waals surface area contributed by atoms with Crippen LogP contribution in [0.2, 0.25) is 0 Å². The fraction of sp³-hybridized carbons (Fsp3) is 0.133. The molecule has 0 aromatic heterocycles. The van der Waals surface area contributed by atoms with Crippen molar-refractivity contribution in [2.75, 3.05) is 0 Å². The third-order valence-electron chi connectivity index (χ3n) is 2.88. The number of benzene rings is 2. The zero-order valence-corrected chi connectivity index (χ0v) is 10.5. The summed E-state index contributed by atoms with van der Waals surface area (Å²) in [5, 5.41) is 0. The standard InChI is InChI=1S/C15H9F5O/c16-10-6-4-9(5-7-10)8-13(21)11-2-1-3-12(14(11)17)15(18,19)20/h1-7H,8H2. The number of alkyl halides is 3. The van der Waals surface area contributed by atoms with Crippen LogP contribution < -0.4 is 0 Å². The number of Topliss-reactive ketones (excluding diaryl/α,β-unsaturated/α-hetero) is 1. The van der Waals surface area contributed by atoms with Gasteiger partial charge in [0.25, 0.3) is 0 Å². The van der Waals surface area contributed by atoms with Gasteiger partial charge in [0.1, 0.15) is 11.6 Å². The van der Waals surface area contributed by atoms with Crippen molar-refractivity contribution in [3.8, 4) is 0 Å². The summed E-state index contributed by atoms with van der Waals surface area (Å²) in [5.74, 6) is -2.89. The Hall–Kier alpha value is -2.24. The molecule has 0 unspecified atom stereocenters. The number of carbonyl (C=O) groups excluding carboxylic acids is 1. The number of ketones is 1. The monoisotopic (exact) mass is 300 g/mol. The van der Waals surface area contributed by atoms with Gasteiger partial charge in [-0.05, 0) is 29.8 Å². The van der Waals surface area contributed by atoms with E-state index in [9.17, 15) is 26.7 Å². The Morgan fingerprint density at radius 2 is 1.57 bits per heavy atom. The van der Waals surface area contributed by atoms with E-state index < -0.39 is 34.7 Å². The lowest BCUT2D eigenvalue weighted by molar-refractivity contribution is -0.140. The van der Waals surface area contributed by atoms with Gasteiger partial charge in [0.15, 0.2) is 5.78 Å². The average molecular weight is 300 g/mol. The molecule has 0 saturated carbocycles. The summed E-state index contributed by atoms with van der Waals surface area (Å²) in [5.41, 5.74) is -1.72. The van der Waals surface area contributed by atoms with Gasteiger partial charge in [0.2, 0.25) is 0 Å². The second kappa shape index (κ2) is 5.63. The van der Waals surface area contributed by atoms with Crippen LogP contribution in [0.4, 0.5) is 22.0 Å². The first kappa shape index (κ1) is 15.2. The molecule has 0 heterocycles. The molecule has 0 atom stereocenters. The third-order valence-corrected chi connectivity index (χ3v) is 2.88. The zero-order chi connectivity index (χ0) is 15.6. The molecule has 2 rings (SSSR count). The second-order valence-electron chi connectivity index (χ2n) is 4.39. The molecule has 6 heteroatoms. The van der Waals surface area contributed by atoms with Crippen LogP contribution >= 0.6 is 0 Å². The van der Waals surface area contributed by atoms with E-state index in [0.29, 0.717) is 11.6 Å². The Balaban J connectivity index is 2.30. The van der Waals surface area contributed by atoms with Gasteiger partial charge in [-0.1, -0.05) is 18.2 Å². The molecular weight excluding hydrogens is 291 g/mol. The van der Waals surface area contributed by atoms with Gasteiger partial charge in [-0.3, -0.25) is 4.79 Å². The van der Waals surface area contributed by atoms with Gasteiger partial charge in [0, 0.05) is 6.42 Å². The van der Waals surface area contributed by atoms with E-state index in [4.69, 9.17) is 0 Å². The summed E-state index contributed by atoms with van der Waals surface area (Å²) in [6.07, 6.45) is -5.17. The first-order valence-electron chi connectivity index (χ1n) is 5.92. The fourth-order valence-electron chi connectivity index (χ4n) is 1.85. The van der Waals surface area contributed by atoms with E-state index in [2.05, 4.69) is 0 Å². The lowest BCUT2D eigenvalue weighted by Crippen LogP contribution is -2.13. The summed E-state index contributed by atoms with van der Waals surface area (Å²) in [6.45, 7) is 0. The highest BCUT2D eigenvalue weighted by Gasteiger charge is 2.35. The van der Waals surface area contributed by atoms with E-state index in [1.807, 2.05) is 0 Å². The van der Waals surface area contributed by atoms with Crippen LogP contribution in [0.5, 0.6) is 0 Å². The minimum absolute atomic E-state index is 0.307. The van der Waals surface area contributed by atoms with Crippen molar-refractivity contribution in [1.29, 1.82) is 0 Å². The lowest BCUT2D eigenvalue weighted by atomic mass is 10.0. The Bertz CT molecular complexity index is 659. The maximum absolute atomic E-state index is 13.8. The second-order valence-corrected chi connectivity index (χ2v) is 4.39. The molecular formula is C15H9F5O. The number of halogens is 5. The Morgan fingerprint density at radius 3 is 2.14 bits per heavy atom. The van der Waals surface area contributed by atoms with Crippen LogP contribution in [0.25, 0.3) is 0 Å². The smallest absolute Gasteiger partial charge is 0.294 e. The van der Waals surface area contributed by atoms with Crippen LogP contribution in [-0.2, 0) is 12.6 Å². The van der Waals surface area contributed by atoms with Crippen molar-refractivity contribution in [3.63, 3.8) is 0 Å². The maximum Gasteiger partial charge on any atom is 0.419 e. The van der Waals surface area contributed by atoms with Gasteiger partial charge >= 0.3 is 6.18 Å². The highest BCUT2D eigenvalue weighted by atomic mass is 19.4. The first-order chi connectivity index (χ1) is 9.79. The van der Waals surface area contributed by atoms with Crippen LogP contribution in [0, 0.1) is 11.6 Å². The molecule has 0 bridgehead atoms. The number of carbonyl (C=O) groups is 1. The number of hydrogen-bond donors (Lipinski definition) is 0. The van der Waals surface area contributed by atoms with Crippen LogP contribution in [0.3, 0.4) is 0 Å². The van der Waals surface area contributed by atoms with Crippen molar-refractivity contribution in [1.82, 2.24) is 0 Å². The highest BCUT2D eigenvalue weighted by molar-refractivity contribution is 5.98. The molecule has 2 aromatic carbocycles. The van der Waals surface area contributed by atoms with E-state index >= 15 is 0 Å². The summed E-state index contributed by atoms with van der Waals surface area (Å²) in [4.78, 5) is 11.9. The quantitative estimate of drug-likeness (QED) is 0.606. The third kappa shape index (κ3) is 3.45. The molecule has 0 fully saturated rings. The molecule has 0 aliphatic heterocycles. The first-order valence-corrected chi connectivity index (χ1v) is 5.92. The predicted molar refractivity (Wildman–Crippen MR) is 65.8 cm³/mol. The van der Waals surface area contributed by atoms with Crippen molar-refractivity contribution < 1.29 is 26.7 Å². The Morgan fingerprint density at radius 1 is 0.952 bits per heavy atom. The summed E-state index contributed by atoms with van der Waals surface area (Å²) in [6, 6.07) is 7.41. The lowest BCUT2D eigenvalue weighted by Gasteiger charge is -2.10. The van der Waals surface area contributed by atoms with E-state index in [1.165, 1.54) is 12.1 Å². The molecule has 0 N–H and O–H groups in total. The minimum Gasteiger partial charge on any atom is -0.294 e. The molecule has 21 heavy (non-hydrogen) atoms. The average Bonchev–Trinajstić information content (AvgIpc) is 2.40. The van der Waals surface area contributed by atoms with Crippen molar-refractivity contribution in [2.24, 2.45) is 0 Å². The van der Waals surface area contributed by atoms with Crippen molar-refractivity contribution >= 4 is 5.78 Å². The largest absolute Gasteiger partial charge is 0.419 e. The molecule has 0 spiro atoms. The number of rotatable bonds is 3. The molecule has 0 amide bonds. The van der Waals surface area contributed by atoms with Crippen molar-refractivity contribution in [3.05, 3.63) is 70.8 Å². The maximum atomic E-state index is 13.8. The molecule has 0 aliphatic carbocycles. The van der Waals surface area contributed by atoms with Crippen LogP contribution in [0.1, 0.15) is 21.5 Å². The predicted octanol–water partition coefficient (Wildman–Crippen LogP) is 4.41. The van der Waals surface area contributed by atoms with Crippen LogP contribution in [0.15, 0.2) is 42.5 Å². The minimum atomic E-state index is -4.86. The van der Waals surface area contributed by atoms with Gasteiger partial charge in [-0.15, -0.1) is 0 Å². The summed E-state index contributed by atoms with van der Waals surface area (Å²) < 4.78 is 64.2. The van der Waals surface area contributed by atoms with E-state index in [1.54, 1.807) is 0 Å². The fourth-order valence-corrected chi connectivity index (χ4v) is 1.85. The summed E-state index contributed by atoms with van der Waals surface area (Å²) >= 11 is 0. The molecule has 2 aromatic rings. The molecule has 110 valence electrons. The Kier molecular flexibility index (Phi) is 4.06. The highest BCUT2D eigenvalue weighted by Crippen LogP contribution is 2.32. The normalized spacial score (nSPS) is 11.5. The van der Waals surface area contributed by atoms with Gasteiger partial charge in [-0.2, -0.15) is 13.2 Å². The van der Waals surface area contributed by atoms with Gasteiger partial charge < -0.3 is 0 Å². The SMILES string of the molecule is O=C(Cc1ccc(F)cc1)c1cccc(C(F)(F)F)c1F. The zero-order valence-electron chi connectivity index (χ0n) is 10.5. The van der Waals surface area contributed by atoms with Gasteiger partial charge in [0.05, 0.1) is 11.1 Å². The topological polar surface area (TPSA) is 17.1 Å². The molecule has 1 nitrogen and oxygen atoms in total. The van der Waals surface area contributed by atoms with Crippen LogP contribution in [-0.4, -0.2) is 5.78 Å². The molecule has 0 saturated heterocycles. The molecule has 0 radical (unpaired) electrons. The molecule has 0 aliphatic rings. The van der Waals surface area contributed by atoms with E-state index in [-0.39, 0.29) is 6.42 Å². The van der Waals surface area contributed by atoms with Crippen molar-refractivity contribution in [2.45, 2.75) is 12.6 Å². The van der Waals surface area contributed by atoms with E-state index in [0.717, 1.165) is 24.3 Å².